The third-order valence-electron chi connectivity index (χ3n) is 9.45. The molecule has 5 heteroatoms. The van der Waals surface area contributed by atoms with Gasteiger partial charge in [-0.2, -0.15) is 0 Å². The number of anilines is 1. The van der Waals surface area contributed by atoms with Crippen molar-refractivity contribution >= 4 is 23.3 Å². The number of hydrogen-bond acceptors (Lipinski definition) is 3. The van der Waals surface area contributed by atoms with Gasteiger partial charge >= 0.3 is 5.97 Å². The van der Waals surface area contributed by atoms with Crippen LogP contribution in [-0.4, -0.2) is 23.2 Å². The van der Waals surface area contributed by atoms with Crippen molar-refractivity contribution in [1.29, 1.82) is 0 Å². The lowest BCUT2D eigenvalue weighted by atomic mass is 9.59. The minimum absolute atomic E-state index is 0.0642. The molecule has 0 radical (unpaired) electrons. The number of carbonyl (C=O) groups is 1. The monoisotopic (exact) mass is 565 g/mol. The van der Waals surface area contributed by atoms with Crippen molar-refractivity contribution in [1.82, 2.24) is 0 Å². The summed E-state index contributed by atoms with van der Waals surface area (Å²) >= 11 is 6.23. The molecule has 2 aliphatic carbocycles. The molecule has 4 aromatic carbocycles. The number of hydrogen-bond donors (Lipinski definition) is 2. The van der Waals surface area contributed by atoms with Gasteiger partial charge in [0.25, 0.3) is 0 Å². The lowest BCUT2D eigenvalue weighted by Gasteiger charge is -2.47. The molecule has 0 aromatic heterocycles. The van der Waals surface area contributed by atoms with Gasteiger partial charge in [-0.1, -0.05) is 90.5 Å². The second-order valence-corrected chi connectivity index (χ2v) is 12.1. The average molecular weight is 566 g/mol. The largest absolute Gasteiger partial charge is 0.493 e. The third kappa shape index (κ3) is 5.58. The lowest BCUT2D eigenvalue weighted by molar-refractivity contribution is -0.144. The van der Waals surface area contributed by atoms with E-state index >= 15 is 0 Å². The second kappa shape index (κ2) is 11.6. The Bertz CT molecular complexity index is 1480. The summed E-state index contributed by atoms with van der Waals surface area (Å²) in [5, 5.41) is 14.4. The zero-order valence-corrected chi connectivity index (χ0v) is 23.9. The van der Waals surface area contributed by atoms with Gasteiger partial charge in [-0.3, -0.25) is 0 Å². The zero-order chi connectivity index (χ0) is 28.3. The van der Waals surface area contributed by atoms with E-state index in [1.54, 1.807) is 6.07 Å². The number of ether oxygens (including phenoxy) is 1. The molecule has 6 rings (SSSR count). The molecule has 4 nitrogen and oxygen atoms in total. The van der Waals surface area contributed by atoms with Crippen molar-refractivity contribution in [2.24, 2.45) is 5.92 Å². The number of fused-ring (bicyclic) bond motifs is 2. The summed E-state index contributed by atoms with van der Waals surface area (Å²) < 4.78 is 6.33. The van der Waals surface area contributed by atoms with Gasteiger partial charge in [0.1, 0.15) is 11.3 Å². The lowest BCUT2D eigenvalue weighted by Crippen LogP contribution is -2.53. The smallest absolute Gasteiger partial charge is 0.329 e. The van der Waals surface area contributed by atoms with Crippen LogP contribution in [0.15, 0.2) is 109 Å². The topological polar surface area (TPSA) is 58.6 Å². The fraction of sp³-hybridized carbons (Fsp3) is 0.306. The molecule has 2 N–H and O–H groups in total. The highest BCUT2D eigenvalue weighted by Crippen LogP contribution is 2.56. The SMILES string of the molecule is O=C(O)C1(Nc2cccc(Cl)c2)CCC2(CC1)c1ccccc1C[C@@H]2C[C@@H](COc1ccccc1)c1ccccc1. The standard InChI is InChI=1S/C36H36ClNO3/c37-30-13-9-14-31(24-30)38-36(34(39)40)20-18-35(19-21-36)29(22-27-12-7-8-17-33(27)35)23-28(26-10-3-1-4-11-26)25-41-32-15-5-2-6-16-32/h1-17,24,28-29,38H,18-23,25H2,(H,39,40)/t28-,29+,35?,36?/m0/s1. The molecule has 41 heavy (non-hydrogen) atoms. The zero-order valence-electron chi connectivity index (χ0n) is 23.1. The van der Waals surface area contributed by atoms with Crippen LogP contribution in [0.25, 0.3) is 0 Å². The fourth-order valence-electron chi connectivity index (χ4n) is 7.29. The number of carboxylic acid groups (broad SMARTS) is 1. The van der Waals surface area contributed by atoms with Gasteiger partial charge in [0.2, 0.25) is 0 Å². The summed E-state index contributed by atoms with van der Waals surface area (Å²) in [6.45, 7) is 0.604. The van der Waals surface area contributed by atoms with Gasteiger partial charge < -0.3 is 15.2 Å². The maximum absolute atomic E-state index is 12.8. The van der Waals surface area contributed by atoms with Gasteiger partial charge in [-0.05, 0) is 96.9 Å². The molecule has 210 valence electrons. The molecule has 0 saturated heterocycles. The van der Waals surface area contributed by atoms with Crippen LogP contribution in [0.5, 0.6) is 5.75 Å². The number of para-hydroxylation sites is 1. The molecule has 1 spiro atoms. The Hall–Kier alpha value is -3.76. The van der Waals surface area contributed by atoms with Crippen LogP contribution in [0.1, 0.15) is 54.7 Å². The maximum Gasteiger partial charge on any atom is 0.329 e. The Morgan fingerprint density at radius 3 is 2.27 bits per heavy atom. The van der Waals surface area contributed by atoms with Crippen LogP contribution >= 0.6 is 11.6 Å². The van der Waals surface area contributed by atoms with Crippen molar-refractivity contribution in [3.05, 3.63) is 131 Å². The molecule has 0 aliphatic heterocycles. The van der Waals surface area contributed by atoms with E-state index in [0.717, 1.165) is 37.1 Å². The molecule has 4 aromatic rings. The first-order valence-corrected chi connectivity index (χ1v) is 14.9. The van der Waals surface area contributed by atoms with Crippen LogP contribution in [-0.2, 0) is 16.6 Å². The quantitative estimate of drug-likeness (QED) is 0.213. The second-order valence-electron chi connectivity index (χ2n) is 11.7. The minimum Gasteiger partial charge on any atom is -0.493 e. The molecular weight excluding hydrogens is 530 g/mol. The van der Waals surface area contributed by atoms with Crippen molar-refractivity contribution in [2.75, 3.05) is 11.9 Å². The summed E-state index contributed by atoms with van der Waals surface area (Å²) in [4.78, 5) is 12.8. The fourth-order valence-corrected chi connectivity index (χ4v) is 7.48. The van der Waals surface area contributed by atoms with Crippen molar-refractivity contribution in [2.45, 2.75) is 55.4 Å². The van der Waals surface area contributed by atoms with Crippen LogP contribution < -0.4 is 10.1 Å². The summed E-state index contributed by atoms with van der Waals surface area (Å²) in [5.41, 5.74) is 3.76. The number of benzene rings is 4. The summed E-state index contributed by atoms with van der Waals surface area (Å²) in [6.07, 6.45) is 4.72. The van der Waals surface area contributed by atoms with Crippen molar-refractivity contribution in [3.63, 3.8) is 0 Å². The molecule has 2 atom stereocenters. The minimum atomic E-state index is -1.02. The number of rotatable bonds is 9. The van der Waals surface area contributed by atoms with Crippen molar-refractivity contribution in [3.8, 4) is 5.75 Å². The molecule has 1 fully saturated rings. The molecule has 0 amide bonds. The Balaban J connectivity index is 1.28. The summed E-state index contributed by atoms with van der Waals surface area (Å²) in [7, 11) is 0. The van der Waals surface area contributed by atoms with E-state index in [1.807, 2.05) is 48.5 Å². The molecule has 1 saturated carbocycles. The first-order valence-electron chi connectivity index (χ1n) is 14.6. The Labute approximate surface area is 247 Å². The van der Waals surface area contributed by atoms with Gasteiger partial charge in [0.15, 0.2) is 0 Å². The van der Waals surface area contributed by atoms with E-state index in [4.69, 9.17) is 16.3 Å². The summed E-state index contributed by atoms with van der Waals surface area (Å²) in [5.74, 6) is 0.702. The van der Waals surface area contributed by atoms with Crippen LogP contribution in [0.2, 0.25) is 5.02 Å². The Morgan fingerprint density at radius 2 is 1.56 bits per heavy atom. The highest BCUT2D eigenvalue weighted by atomic mass is 35.5. The van der Waals surface area contributed by atoms with Crippen LogP contribution in [0, 0.1) is 5.92 Å². The van der Waals surface area contributed by atoms with Gasteiger partial charge in [0, 0.05) is 16.6 Å². The van der Waals surface area contributed by atoms with Gasteiger partial charge in [0.05, 0.1) is 6.61 Å². The van der Waals surface area contributed by atoms with Gasteiger partial charge in [-0.25, -0.2) is 4.79 Å². The molecule has 2 aliphatic rings. The van der Waals surface area contributed by atoms with Crippen LogP contribution in [0.3, 0.4) is 0 Å². The summed E-state index contributed by atoms with van der Waals surface area (Å²) in [6, 6.07) is 36.9. The van der Waals surface area contributed by atoms with E-state index in [1.165, 1.54) is 16.7 Å². The maximum atomic E-state index is 12.8. The number of halogens is 1. The highest BCUT2D eigenvalue weighted by Gasteiger charge is 2.54. The van der Waals surface area contributed by atoms with Crippen LogP contribution in [0.4, 0.5) is 5.69 Å². The number of aliphatic carboxylic acids is 1. The Morgan fingerprint density at radius 1 is 0.878 bits per heavy atom. The normalized spacial score (nSPS) is 24.0. The molecule has 0 unspecified atom stereocenters. The van der Waals surface area contributed by atoms with E-state index in [-0.39, 0.29) is 11.3 Å². The molecular formula is C36H36ClNO3. The third-order valence-corrected chi connectivity index (χ3v) is 9.68. The first kappa shape index (κ1) is 27.4. The van der Waals surface area contributed by atoms with Crippen molar-refractivity contribution < 1.29 is 14.6 Å². The Kier molecular flexibility index (Phi) is 7.77. The van der Waals surface area contributed by atoms with E-state index in [9.17, 15) is 9.90 Å². The number of carboxylic acids is 1. The predicted molar refractivity (Wildman–Crippen MR) is 165 cm³/mol. The number of nitrogens with one attached hydrogen (secondary N) is 1. The van der Waals surface area contributed by atoms with Gasteiger partial charge in [-0.15, -0.1) is 0 Å². The van der Waals surface area contributed by atoms with E-state index in [0.29, 0.717) is 30.4 Å². The first-order chi connectivity index (χ1) is 20.0. The molecule has 0 bridgehead atoms. The highest BCUT2D eigenvalue weighted by molar-refractivity contribution is 6.30. The molecule has 0 heterocycles. The average Bonchev–Trinajstić information content (AvgIpc) is 3.30. The van der Waals surface area contributed by atoms with E-state index < -0.39 is 11.5 Å². The predicted octanol–water partition coefficient (Wildman–Crippen LogP) is 8.51. The van der Waals surface area contributed by atoms with E-state index in [2.05, 4.69) is 59.9 Å².